The molecular weight excluding hydrogens is 399 g/mol. The number of hydrogen-bond acceptors (Lipinski definition) is 4. The summed E-state index contributed by atoms with van der Waals surface area (Å²) in [6, 6.07) is 8.71. The SMILES string of the molecule is CN=C(NCCc1ccc(C(F)(F)F)cc1)NCc1cc(OC)c(OC)cc1OC. The number of nitrogens with one attached hydrogen (secondary N) is 2. The van der Waals surface area contributed by atoms with Gasteiger partial charge in [0.1, 0.15) is 5.75 Å². The molecule has 0 aliphatic rings. The summed E-state index contributed by atoms with van der Waals surface area (Å²) in [5.74, 6) is 2.34. The highest BCUT2D eigenvalue weighted by Gasteiger charge is 2.29. The van der Waals surface area contributed by atoms with Gasteiger partial charge in [-0.25, -0.2) is 0 Å². The van der Waals surface area contributed by atoms with Gasteiger partial charge in [0.2, 0.25) is 0 Å². The Morgan fingerprint density at radius 1 is 0.900 bits per heavy atom. The number of ether oxygens (including phenoxy) is 3. The Labute approximate surface area is 174 Å². The number of benzene rings is 2. The first-order chi connectivity index (χ1) is 14.3. The minimum Gasteiger partial charge on any atom is -0.496 e. The zero-order valence-electron chi connectivity index (χ0n) is 17.4. The van der Waals surface area contributed by atoms with Gasteiger partial charge in [0.05, 0.1) is 26.9 Å². The molecule has 0 fully saturated rings. The second kappa shape index (κ2) is 10.6. The summed E-state index contributed by atoms with van der Waals surface area (Å²) < 4.78 is 53.9. The quantitative estimate of drug-likeness (QED) is 0.500. The number of aliphatic imine (C=N–C) groups is 1. The van der Waals surface area contributed by atoms with Crippen molar-refractivity contribution in [1.29, 1.82) is 0 Å². The Balaban J connectivity index is 1.92. The summed E-state index contributed by atoms with van der Waals surface area (Å²) >= 11 is 0. The fourth-order valence-corrected chi connectivity index (χ4v) is 2.82. The zero-order chi connectivity index (χ0) is 22.1. The first-order valence-electron chi connectivity index (χ1n) is 9.22. The molecule has 0 amide bonds. The van der Waals surface area contributed by atoms with Gasteiger partial charge in [-0.2, -0.15) is 13.2 Å². The highest BCUT2D eigenvalue weighted by Crippen LogP contribution is 2.34. The summed E-state index contributed by atoms with van der Waals surface area (Å²) in [5.41, 5.74) is 0.994. The van der Waals surface area contributed by atoms with E-state index in [1.165, 1.54) is 12.1 Å². The van der Waals surface area contributed by atoms with Crippen LogP contribution in [0.15, 0.2) is 41.4 Å². The van der Waals surface area contributed by atoms with Crippen molar-refractivity contribution in [3.05, 3.63) is 53.1 Å². The minimum atomic E-state index is -4.33. The van der Waals surface area contributed by atoms with E-state index in [0.717, 1.165) is 23.3 Å². The van der Waals surface area contributed by atoms with Crippen LogP contribution in [-0.4, -0.2) is 40.9 Å². The van der Waals surface area contributed by atoms with Gasteiger partial charge in [0, 0.05) is 31.8 Å². The number of halogens is 3. The van der Waals surface area contributed by atoms with Crippen molar-refractivity contribution >= 4 is 5.96 Å². The molecule has 0 saturated heterocycles. The van der Waals surface area contributed by atoms with Crippen LogP contribution in [0, 0.1) is 0 Å². The van der Waals surface area contributed by atoms with Crippen LogP contribution in [0.5, 0.6) is 17.2 Å². The van der Waals surface area contributed by atoms with Gasteiger partial charge >= 0.3 is 6.18 Å². The van der Waals surface area contributed by atoms with Crippen LogP contribution in [0.1, 0.15) is 16.7 Å². The molecule has 0 aliphatic carbocycles. The van der Waals surface area contributed by atoms with E-state index in [4.69, 9.17) is 14.2 Å². The lowest BCUT2D eigenvalue weighted by molar-refractivity contribution is -0.137. The third kappa shape index (κ3) is 6.20. The van der Waals surface area contributed by atoms with Crippen molar-refractivity contribution in [1.82, 2.24) is 10.6 Å². The van der Waals surface area contributed by atoms with Crippen LogP contribution in [-0.2, 0) is 19.1 Å². The molecule has 0 aliphatic heterocycles. The molecule has 0 spiro atoms. The lowest BCUT2D eigenvalue weighted by Crippen LogP contribution is -2.37. The van der Waals surface area contributed by atoms with Crippen molar-refractivity contribution in [2.75, 3.05) is 34.9 Å². The third-order valence-corrected chi connectivity index (χ3v) is 4.44. The number of nitrogens with zero attached hydrogens (tertiary/aromatic N) is 1. The van der Waals surface area contributed by atoms with Gasteiger partial charge in [-0.05, 0) is 30.2 Å². The van der Waals surface area contributed by atoms with Crippen LogP contribution in [0.3, 0.4) is 0 Å². The second-order valence-electron chi connectivity index (χ2n) is 6.32. The van der Waals surface area contributed by atoms with Crippen molar-refractivity contribution in [3.63, 3.8) is 0 Å². The molecule has 0 bridgehead atoms. The molecule has 0 aromatic heterocycles. The molecule has 164 valence electrons. The molecular formula is C21H26F3N3O3. The summed E-state index contributed by atoms with van der Waals surface area (Å²) in [6.45, 7) is 0.928. The topological polar surface area (TPSA) is 64.1 Å². The average Bonchev–Trinajstić information content (AvgIpc) is 2.75. The zero-order valence-corrected chi connectivity index (χ0v) is 17.4. The van der Waals surface area contributed by atoms with Crippen LogP contribution >= 0.6 is 0 Å². The molecule has 2 N–H and O–H groups in total. The summed E-state index contributed by atoms with van der Waals surface area (Å²) in [4.78, 5) is 4.16. The molecule has 9 heteroatoms. The largest absolute Gasteiger partial charge is 0.496 e. The normalized spacial score (nSPS) is 11.8. The van der Waals surface area contributed by atoms with Crippen molar-refractivity contribution < 1.29 is 27.4 Å². The van der Waals surface area contributed by atoms with E-state index < -0.39 is 11.7 Å². The van der Waals surface area contributed by atoms with Gasteiger partial charge in [-0.15, -0.1) is 0 Å². The average molecular weight is 425 g/mol. The summed E-state index contributed by atoms with van der Waals surface area (Å²) in [5, 5.41) is 6.32. The number of guanidine groups is 1. The number of rotatable bonds is 8. The molecule has 0 heterocycles. The van der Waals surface area contributed by atoms with Crippen LogP contribution in [0.4, 0.5) is 13.2 Å². The van der Waals surface area contributed by atoms with E-state index in [0.29, 0.717) is 42.7 Å². The van der Waals surface area contributed by atoms with Gasteiger partial charge in [-0.3, -0.25) is 4.99 Å². The van der Waals surface area contributed by atoms with Crippen molar-refractivity contribution in [2.45, 2.75) is 19.1 Å². The van der Waals surface area contributed by atoms with Crippen molar-refractivity contribution in [2.24, 2.45) is 4.99 Å². The Hall–Kier alpha value is -3.10. The molecule has 0 radical (unpaired) electrons. The molecule has 0 unspecified atom stereocenters. The Bertz CT molecular complexity index is 853. The molecule has 2 rings (SSSR count). The molecule has 0 saturated carbocycles. The van der Waals surface area contributed by atoms with Crippen molar-refractivity contribution in [3.8, 4) is 17.2 Å². The van der Waals surface area contributed by atoms with Crippen LogP contribution in [0.25, 0.3) is 0 Å². The van der Waals surface area contributed by atoms with Gasteiger partial charge < -0.3 is 24.8 Å². The fraction of sp³-hybridized carbons (Fsp3) is 0.381. The Morgan fingerprint density at radius 3 is 2.03 bits per heavy atom. The van der Waals surface area contributed by atoms with E-state index in [2.05, 4.69) is 15.6 Å². The van der Waals surface area contributed by atoms with Crippen LogP contribution in [0.2, 0.25) is 0 Å². The molecule has 2 aromatic carbocycles. The lowest BCUT2D eigenvalue weighted by Gasteiger charge is -2.16. The number of hydrogen-bond donors (Lipinski definition) is 2. The third-order valence-electron chi connectivity index (χ3n) is 4.44. The van der Waals surface area contributed by atoms with Gasteiger partial charge in [0.15, 0.2) is 17.5 Å². The maximum absolute atomic E-state index is 12.6. The maximum atomic E-state index is 12.6. The first kappa shape index (κ1) is 23.2. The van der Waals surface area contributed by atoms with E-state index in [1.54, 1.807) is 34.4 Å². The van der Waals surface area contributed by atoms with E-state index >= 15 is 0 Å². The summed E-state index contributed by atoms with van der Waals surface area (Å²) in [7, 11) is 6.32. The number of methoxy groups -OCH3 is 3. The van der Waals surface area contributed by atoms with E-state index in [-0.39, 0.29) is 0 Å². The Morgan fingerprint density at radius 2 is 1.50 bits per heavy atom. The highest BCUT2D eigenvalue weighted by atomic mass is 19.4. The predicted octanol–water partition coefficient (Wildman–Crippen LogP) is 3.64. The molecule has 2 aromatic rings. The van der Waals surface area contributed by atoms with Crippen LogP contribution < -0.4 is 24.8 Å². The Kier molecular flexibility index (Phi) is 8.20. The molecule has 30 heavy (non-hydrogen) atoms. The lowest BCUT2D eigenvalue weighted by atomic mass is 10.1. The van der Waals surface area contributed by atoms with Gasteiger partial charge in [-0.1, -0.05) is 12.1 Å². The number of alkyl halides is 3. The smallest absolute Gasteiger partial charge is 0.416 e. The van der Waals surface area contributed by atoms with E-state index in [1.807, 2.05) is 6.07 Å². The second-order valence-corrected chi connectivity index (χ2v) is 6.32. The van der Waals surface area contributed by atoms with Gasteiger partial charge in [0.25, 0.3) is 0 Å². The molecule has 6 nitrogen and oxygen atoms in total. The van der Waals surface area contributed by atoms with E-state index in [9.17, 15) is 13.2 Å². The summed E-state index contributed by atoms with van der Waals surface area (Å²) in [6.07, 6.45) is -3.77. The first-order valence-corrected chi connectivity index (χ1v) is 9.22. The predicted molar refractivity (Wildman–Crippen MR) is 109 cm³/mol. The minimum absolute atomic E-state index is 0.420. The highest BCUT2D eigenvalue weighted by molar-refractivity contribution is 5.79. The monoisotopic (exact) mass is 425 g/mol. The molecule has 0 atom stereocenters. The standard InChI is InChI=1S/C21H26F3N3O3/c1-25-20(26-10-9-14-5-7-16(8-6-14)21(22,23)24)27-13-15-11-18(29-3)19(30-4)12-17(15)28-2/h5-8,11-12H,9-10,13H2,1-4H3,(H2,25,26,27). The maximum Gasteiger partial charge on any atom is 0.416 e. The fourth-order valence-electron chi connectivity index (χ4n) is 2.82.